The summed E-state index contributed by atoms with van der Waals surface area (Å²) < 4.78 is 2.16. The largest absolute Gasteiger partial charge is 0.311 e. The van der Waals surface area contributed by atoms with Crippen molar-refractivity contribution in [2.45, 2.75) is 78.0 Å². The number of piperazine rings is 1. The highest BCUT2D eigenvalue weighted by Gasteiger charge is 2.25. The van der Waals surface area contributed by atoms with Crippen molar-refractivity contribution in [3.05, 3.63) is 18.0 Å². The molecule has 120 valence electrons. The third-order valence-corrected chi connectivity index (χ3v) is 4.69. The van der Waals surface area contributed by atoms with E-state index in [4.69, 9.17) is 5.10 Å². The predicted octanol–water partition coefficient (Wildman–Crippen LogP) is 3.21. The fraction of sp³-hybridized carbons (Fsp3) is 0.824. The van der Waals surface area contributed by atoms with Crippen LogP contribution in [-0.4, -0.2) is 39.9 Å². The molecule has 21 heavy (non-hydrogen) atoms. The second-order valence-corrected chi connectivity index (χ2v) is 6.44. The molecule has 1 fully saturated rings. The lowest BCUT2D eigenvalue weighted by atomic mass is 10.1. The Kier molecular flexibility index (Phi) is 6.24. The third-order valence-electron chi connectivity index (χ3n) is 4.69. The van der Waals surface area contributed by atoms with Gasteiger partial charge in [-0.2, -0.15) is 5.10 Å². The lowest BCUT2D eigenvalue weighted by Gasteiger charge is -2.39. The molecule has 2 atom stereocenters. The molecule has 1 aromatic rings. The molecule has 0 spiro atoms. The number of nitrogens with one attached hydrogen (secondary N) is 1. The average molecular weight is 292 g/mol. The first kappa shape index (κ1) is 16.5. The highest BCUT2D eigenvalue weighted by molar-refractivity contribution is 5.01. The molecule has 1 saturated heterocycles. The highest BCUT2D eigenvalue weighted by Crippen LogP contribution is 2.18. The van der Waals surface area contributed by atoms with Gasteiger partial charge in [-0.05, 0) is 32.3 Å². The summed E-state index contributed by atoms with van der Waals surface area (Å²) in [5, 5.41) is 8.43. The van der Waals surface area contributed by atoms with Crippen LogP contribution in [0, 0.1) is 0 Å². The van der Waals surface area contributed by atoms with Crippen LogP contribution in [-0.2, 0) is 6.54 Å². The number of rotatable bonds is 7. The van der Waals surface area contributed by atoms with Gasteiger partial charge >= 0.3 is 0 Å². The quantitative estimate of drug-likeness (QED) is 0.838. The Morgan fingerprint density at radius 2 is 2.10 bits per heavy atom. The minimum atomic E-state index is 0.548. The van der Waals surface area contributed by atoms with E-state index in [1.165, 1.54) is 18.5 Å². The molecule has 0 aliphatic carbocycles. The van der Waals surface area contributed by atoms with Crippen molar-refractivity contribution in [3.63, 3.8) is 0 Å². The maximum Gasteiger partial charge on any atom is 0.0765 e. The monoisotopic (exact) mass is 292 g/mol. The molecule has 0 radical (unpaired) electrons. The van der Waals surface area contributed by atoms with Crippen LogP contribution >= 0.6 is 0 Å². The Labute approximate surface area is 129 Å². The lowest BCUT2D eigenvalue weighted by Crippen LogP contribution is -2.54. The number of aromatic nitrogens is 2. The normalized spacial score (nSPS) is 23.9. The molecule has 4 nitrogen and oxygen atoms in total. The van der Waals surface area contributed by atoms with Crippen LogP contribution in [0.3, 0.4) is 0 Å². The Bertz CT molecular complexity index is 411. The highest BCUT2D eigenvalue weighted by atomic mass is 15.3. The van der Waals surface area contributed by atoms with Gasteiger partial charge in [-0.1, -0.05) is 27.2 Å². The van der Waals surface area contributed by atoms with E-state index >= 15 is 0 Å². The molecule has 2 unspecified atom stereocenters. The zero-order valence-corrected chi connectivity index (χ0v) is 14.2. The molecule has 0 aromatic carbocycles. The zero-order chi connectivity index (χ0) is 15.2. The summed E-state index contributed by atoms with van der Waals surface area (Å²) in [5.41, 5.74) is 1.22. The third kappa shape index (κ3) is 4.30. The first-order valence-corrected chi connectivity index (χ1v) is 8.69. The van der Waals surface area contributed by atoms with E-state index < -0.39 is 0 Å². The van der Waals surface area contributed by atoms with E-state index in [1.54, 1.807) is 0 Å². The lowest BCUT2D eigenvalue weighted by molar-refractivity contribution is 0.118. The standard InChI is InChI=1S/C17H32N4/c1-5-8-17-11-18-14(4)12-20(17)13-15-9-10-21(19-15)16(6-2)7-3/h9-10,14,16-18H,5-8,11-13H2,1-4H3. The molecule has 2 heterocycles. The average Bonchev–Trinajstić information content (AvgIpc) is 2.92. The van der Waals surface area contributed by atoms with Gasteiger partial charge in [0.15, 0.2) is 0 Å². The molecule has 1 aliphatic rings. The summed E-state index contributed by atoms with van der Waals surface area (Å²) >= 11 is 0. The summed E-state index contributed by atoms with van der Waals surface area (Å²) in [6, 6.07) is 3.99. The van der Waals surface area contributed by atoms with E-state index in [0.717, 1.165) is 32.5 Å². The van der Waals surface area contributed by atoms with Crippen molar-refractivity contribution < 1.29 is 0 Å². The maximum atomic E-state index is 4.82. The van der Waals surface area contributed by atoms with Crippen LogP contribution in [0.1, 0.15) is 65.1 Å². The Morgan fingerprint density at radius 1 is 1.33 bits per heavy atom. The first-order chi connectivity index (χ1) is 10.2. The van der Waals surface area contributed by atoms with Gasteiger partial charge < -0.3 is 5.32 Å². The molecular weight excluding hydrogens is 260 g/mol. The van der Waals surface area contributed by atoms with Crippen LogP contribution < -0.4 is 5.32 Å². The Balaban J connectivity index is 2.01. The minimum Gasteiger partial charge on any atom is -0.311 e. The molecule has 1 N–H and O–H groups in total. The van der Waals surface area contributed by atoms with E-state index in [1.807, 2.05) is 0 Å². The number of hydrogen-bond acceptors (Lipinski definition) is 3. The van der Waals surface area contributed by atoms with Gasteiger partial charge in [-0.3, -0.25) is 9.58 Å². The SMILES string of the molecule is CCCC1CNC(C)CN1Cc1ccn(C(CC)CC)n1. The van der Waals surface area contributed by atoms with Crippen LogP contribution in [0.4, 0.5) is 0 Å². The van der Waals surface area contributed by atoms with Crippen molar-refractivity contribution in [2.24, 2.45) is 0 Å². The summed E-state index contributed by atoms with van der Waals surface area (Å²) in [5.74, 6) is 0. The van der Waals surface area contributed by atoms with Crippen LogP contribution in [0.5, 0.6) is 0 Å². The van der Waals surface area contributed by atoms with E-state index in [2.05, 4.69) is 54.9 Å². The molecule has 1 aromatic heterocycles. The van der Waals surface area contributed by atoms with Gasteiger partial charge in [0.25, 0.3) is 0 Å². The van der Waals surface area contributed by atoms with Crippen LogP contribution in [0.15, 0.2) is 12.3 Å². The summed E-state index contributed by atoms with van der Waals surface area (Å²) in [6.45, 7) is 12.3. The van der Waals surface area contributed by atoms with Crippen molar-refractivity contribution in [1.82, 2.24) is 20.0 Å². The van der Waals surface area contributed by atoms with Gasteiger partial charge in [0.1, 0.15) is 0 Å². The fourth-order valence-corrected chi connectivity index (χ4v) is 3.38. The van der Waals surface area contributed by atoms with Crippen molar-refractivity contribution in [1.29, 1.82) is 0 Å². The molecule has 0 bridgehead atoms. The molecule has 0 saturated carbocycles. The molecule has 4 heteroatoms. The van der Waals surface area contributed by atoms with E-state index in [-0.39, 0.29) is 0 Å². The Morgan fingerprint density at radius 3 is 2.76 bits per heavy atom. The van der Waals surface area contributed by atoms with Gasteiger partial charge in [-0.15, -0.1) is 0 Å². The van der Waals surface area contributed by atoms with Gasteiger partial charge in [0.2, 0.25) is 0 Å². The van der Waals surface area contributed by atoms with Crippen molar-refractivity contribution >= 4 is 0 Å². The smallest absolute Gasteiger partial charge is 0.0765 e. The Hall–Kier alpha value is -0.870. The molecular formula is C17H32N4. The topological polar surface area (TPSA) is 33.1 Å². The van der Waals surface area contributed by atoms with Crippen molar-refractivity contribution in [2.75, 3.05) is 13.1 Å². The molecule has 1 aliphatic heterocycles. The molecule has 0 amide bonds. The van der Waals surface area contributed by atoms with Gasteiger partial charge in [0.05, 0.1) is 11.7 Å². The van der Waals surface area contributed by atoms with E-state index in [9.17, 15) is 0 Å². The minimum absolute atomic E-state index is 0.548. The maximum absolute atomic E-state index is 4.82. The van der Waals surface area contributed by atoms with Crippen LogP contribution in [0.25, 0.3) is 0 Å². The van der Waals surface area contributed by atoms with Crippen LogP contribution in [0.2, 0.25) is 0 Å². The summed E-state index contributed by atoms with van der Waals surface area (Å²) in [7, 11) is 0. The number of nitrogens with zero attached hydrogens (tertiary/aromatic N) is 3. The van der Waals surface area contributed by atoms with Crippen molar-refractivity contribution in [3.8, 4) is 0 Å². The summed E-state index contributed by atoms with van der Waals surface area (Å²) in [6.07, 6.45) is 6.99. The first-order valence-electron chi connectivity index (χ1n) is 8.69. The molecule has 2 rings (SSSR count). The fourth-order valence-electron chi connectivity index (χ4n) is 3.38. The predicted molar refractivity (Wildman–Crippen MR) is 88.4 cm³/mol. The van der Waals surface area contributed by atoms with E-state index in [0.29, 0.717) is 18.1 Å². The zero-order valence-electron chi connectivity index (χ0n) is 14.2. The van der Waals surface area contributed by atoms with Gasteiger partial charge in [-0.25, -0.2) is 0 Å². The second-order valence-electron chi connectivity index (χ2n) is 6.44. The number of hydrogen-bond donors (Lipinski definition) is 1. The van der Waals surface area contributed by atoms with Gasteiger partial charge in [0, 0.05) is 37.9 Å². The second kappa shape index (κ2) is 7.95. The summed E-state index contributed by atoms with van der Waals surface area (Å²) in [4.78, 5) is 2.62.